The smallest absolute Gasteiger partial charge is 0.113 e. The normalized spacial score (nSPS) is 11.6. The number of fused-ring (bicyclic) bond motifs is 1. The van der Waals surface area contributed by atoms with Crippen LogP contribution < -0.4 is 0 Å². The fourth-order valence-electron chi connectivity index (χ4n) is 1.75. The van der Waals surface area contributed by atoms with Crippen LogP contribution in [-0.4, -0.2) is 14.9 Å². The van der Waals surface area contributed by atoms with Crippen LogP contribution in [0.15, 0.2) is 36.4 Å². The molecule has 16 heavy (non-hydrogen) atoms. The Morgan fingerprint density at radius 2 is 2.12 bits per heavy atom. The summed E-state index contributed by atoms with van der Waals surface area (Å²) < 4.78 is 2.16. The molecule has 2 nitrogen and oxygen atoms in total. The molecule has 0 amide bonds. The molecule has 0 atom stereocenters. The molecule has 2 aromatic rings. The Morgan fingerprint density at radius 1 is 1.31 bits per heavy atom. The van der Waals surface area contributed by atoms with Crippen LogP contribution >= 0.6 is 15.9 Å². The van der Waals surface area contributed by atoms with E-state index in [1.807, 2.05) is 6.07 Å². The van der Waals surface area contributed by atoms with Crippen LogP contribution in [0.4, 0.5) is 0 Å². The van der Waals surface area contributed by atoms with E-state index >= 15 is 0 Å². The van der Waals surface area contributed by atoms with Gasteiger partial charge in [-0.05, 0) is 18.6 Å². The monoisotopic (exact) mass is 278 g/mol. The average Bonchev–Trinajstić information content (AvgIpc) is 2.63. The standard InChI is InChI=1S/C13H15BrN2/c1-16-12-8-5-4-7-11(12)15-13(16)9-3-2-6-10-14/h2-5,7-8H,6,9-10H2,1H3. The van der Waals surface area contributed by atoms with E-state index in [0.717, 1.165) is 29.5 Å². The summed E-state index contributed by atoms with van der Waals surface area (Å²) in [6.07, 6.45) is 6.35. The van der Waals surface area contributed by atoms with Gasteiger partial charge in [-0.25, -0.2) is 4.98 Å². The van der Waals surface area contributed by atoms with Crippen LogP contribution in [0.3, 0.4) is 0 Å². The van der Waals surface area contributed by atoms with Crippen molar-refractivity contribution in [3.63, 3.8) is 0 Å². The molecule has 84 valence electrons. The van der Waals surface area contributed by atoms with Crippen LogP contribution in [0.25, 0.3) is 11.0 Å². The van der Waals surface area contributed by atoms with Crippen LogP contribution in [-0.2, 0) is 13.5 Å². The zero-order valence-corrected chi connectivity index (χ0v) is 10.9. The molecule has 0 fully saturated rings. The SMILES string of the molecule is Cn1c(CC=CCCBr)nc2ccccc21. The van der Waals surface area contributed by atoms with E-state index in [2.05, 4.69) is 62.9 Å². The Morgan fingerprint density at radius 3 is 2.88 bits per heavy atom. The van der Waals surface area contributed by atoms with Gasteiger partial charge in [-0.3, -0.25) is 0 Å². The maximum absolute atomic E-state index is 4.61. The zero-order valence-electron chi connectivity index (χ0n) is 9.36. The second kappa shape index (κ2) is 5.30. The summed E-state index contributed by atoms with van der Waals surface area (Å²) in [7, 11) is 2.07. The Hall–Kier alpha value is -1.09. The lowest BCUT2D eigenvalue weighted by atomic mass is 10.3. The van der Waals surface area contributed by atoms with Crippen molar-refractivity contribution in [3.8, 4) is 0 Å². The molecule has 0 aliphatic heterocycles. The lowest BCUT2D eigenvalue weighted by Gasteiger charge is -1.98. The van der Waals surface area contributed by atoms with Gasteiger partial charge in [-0.15, -0.1) is 0 Å². The number of benzene rings is 1. The van der Waals surface area contributed by atoms with Crippen molar-refractivity contribution in [2.45, 2.75) is 12.8 Å². The molecular weight excluding hydrogens is 264 g/mol. The number of allylic oxidation sites excluding steroid dienone is 2. The molecule has 0 unspecified atom stereocenters. The first kappa shape index (κ1) is 11.4. The molecule has 0 aliphatic carbocycles. The Balaban J connectivity index is 2.21. The summed E-state index contributed by atoms with van der Waals surface area (Å²) in [5, 5.41) is 1.02. The van der Waals surface area contributed by atoms with Crippen LogP contribution in [0, 0.1) is 0 Å². The molecule has 1 aromatic carbocycles. The highest BCUT2D eigenvalue weighted by atomic mass is 79.9. The molecule has 3 heteroatoms. The Labute approximate surface area is 104 Å². The quantitative estimate of drug-likeness (QED) is 0.619. The van der Waals surface area contributed by atoms with Gasteiger partial charge in [0.1, 0.15) is 5.82 Å². The van der Waals surface area contributed by atoms with Crippen molar-refractivity contribution in [1.29, 1.82) is 0 Å². The molecule has 0 radical (unpaired) electrons. The average molecular weight is 279 g/mol. The number of imidazole rings is 1. The first-order chi connectivity index (χ1) is 7.83. The number of aromatic nitrogens is 2. The third kappa shape index (κ3) is 2.35. The fourth-order valence-corrected chi connectivity index (χ4v) is 2.01. The summed E-state index contributed by atoms with van der Waals surface area (Å²) in [4.78, 5) is 4.61. The number of rotatable bonds is 4. The van der Waals surface area contributed by atoms with E-state index in [4.69, 9.17) is 0 Å². The van der Waals surface area contributed by atoms with E-state index < -0.39 is 0 Å². The molecule has 0 saturated carbocycles. The van der Waals surface area contributed by atoms with Gasteiger partial charge in [0.25, 0.3) is 0 Å². The summed E-state index contributed by atoms with van der Waals surface area (Å²) in [5.74, 6) is 1.12. The molecule has 0 aliphatic rings. The Kier molecular flexibility index (Phi) is 3.78. The Bertz CT molecular complexity index is 500. The minimum absolute atomic E-state index is 0.901. The second-order valence-electron chi connectivity index (χ2n) is 3.73. The van der Waals surface area contributed by atoms with Gasteiger partial charge >= 0.3 is 0 Å². The number of nitrogens with zero attached hydrogens (tertiary/aromatic N) is 2. The topological polar surface area (TPSA) is 17.8 Å². The second-order valence-corrected chi connectivity index (χ2v) is 4.52. The van der Waals surface area contributed by atoms with Crippen LogP contribution in [0.2, 0.25) is 0 Å². The molecule has 1 heterocycles. The van der Waals surface area contributed by atoms with Crippen LogP contribution in [0.1, 0.15) is 12.2 Å². The minimum Gasteiger partial charge on any atom is -0.331 e. The molecule has 0 N–H and O–H groups in total. The number of para-hydroxylation sites is 2. The lowest BCUT2D eigenvalue weighted by molar-refractivity contribution is 0.853. The van der Waals surface area contributed by atoms with Gasteiger partial charge in [-0.2, -0.15) is 0 Å². The fraction of sp³-hybridized carbons (Fsp3) is 0.308. The third-order valence-corrected chi connectivity index (χ3v) is 3.08. The van der Waals surface area contributed by atoms with E-state index in [0.29, 0.717) is 0 Å². The van der Waals surface area contributed by atoms with E-state index in [9.17, 15) is 0 Å². The van der Waals surface area contributed by atoms with Crippen molar-refractivity contribution in [3.05, 3.63) is 42.2 Å². The highest BCUT2D eigenvalue weighted by Gasteiger charge is 2.04. The van der Waals surface area contributed by atoms with Gasteiger partial charge in [0.05, 0.1) is 11.0 Å². The molecule has 1 aromatic heterocycles. The summed E-state index contributed by atoms with van der Waals surface area (Å²) >= 11 is 3.41. The van der Waals surface area contributed by atoms with Crippen molar-refractivity contribution in [1.82, 2.24) is 9.55 Å². The van der Waals surface area contributed by atoms with E-state index in [1.54, 1.807) is 0 Å². The van der Waals surface area contributed by atoms with Gasteiger partial charge < -0.3 is 4.57 Å². The van der Waals surface area contributed by atoms with Gasteiger partial charge in [0, 0.05) is 18.8 Å². The van der Waals surface area contributed by atoms with Crippen LogP contribution in [0.5, 0.6) is 0 Å². The number of aryl methyl sites for hydroxylation is 1. The summed E-state index contributed by atoms with van der Waals surface area (Å²) in [6, 6.07) is 8.24. The first-order valence-corrected chi connectivity index (χ1v) is 6.56. The highest BCUT2D eigenvalue weighted by Crippen LogP contribution is 2.14. The predicted octanol–water partition coefficient (Wildman–Crippen LogP) is 3.46. The minimum atomic E-state index is 0.901. The summed E-state index contributed by atoms with van der Waals surface area (Å²) in [6.45, 7) is 0. The first-order valence-electron chi connectivity index (χ1n) is 5.44. The molecule has 0 spiro atoms. The van der Waals surface area contributed by atoms with Gasteiger partial charge in [0.2, 0.25) is 0 Å². The maximum Gasteiger partial charge on any atom is 0.113 e. The molecule has 0 saturated heterocycles. The molecule has 2 rings (SSSR count). The van der Waals surface area contributed by atoms with Crippen molar-refractivity contribution < 1.29 is 0 Å². The third-order valence-electron chi connectivity index (χ3n) is 2.62. The highest BCUT2D eigenvalue weighted by molar-refractivity contribution is 9.09. The molecule has 0 bridgehead atoms. The number of alkyl halides is 1. The maximum atomic E-state index is 4.61. The predicted molar refractivity (Wildman–Crippen MR) is 72.0 cm³/mol. The number of hydrogen-bond acceptors (Lipinski definition) is 1. The number of halogens is 1. The van der Waals surface area contributed by atoms with E-state index in [1.165, 1.54) is 5.52 Å². The van der Waals surface area contributed by atoms with E-state index in [-0.39, 0.29) is 0 Å². The number of hydrogen-bond donors (Lipinski definition) is 0. The van der Waals surface area contributed by atoms with Crippen molar-refractivity contribution in [2.24, 2.45) is 7.05 Å². The lowest BCUT2D eigenvalue weighted by Crippen LogP contribution is -1.95. The summed E-state index contributed by atoms with van der Waals surface area (Å²) in [5.41, 5.74) is 2.28. The van der Waals surface area contributed by atoms with Gasteiger partial charge in [0.15, 0.2) is 0 Å². The zero-order chi connectivity index (χ0) is 11.4. The van der Waals surface area contributed by atoms with Gasteiger partial charge in [-0.1, -0.05) is 40.2 Å². The van der Waals surface area contributed by atoms with Crippen molar-refractivity contribution in [2.75, 3.05) is 5.33 Å². The molecular formula is C13H15BrN2. The van der Waals surface area contributed by atoms with Crippen molar-refractivity contribution >= 4 is 27.0 Å². The largest absolute Gasteiger partial charge is 0.331 e.